The van der Waals surface area contributed by atoms with E-state index in [2.05, 4.69) is 59.7 Å². The summed E-state index contributed by atoms with van der Waals surface area (Å²) in [6.07, 6.45) is 5.65. The molecule has 6 aromatic rings. The molecule has 3 saturated heterocycles. The second kappa shape index (κ2) is 20.3. The summed E-state index contributed by atoms with van der Waals surface area (Å²) in [6.45, 7) is 13.4. The van der Waals surface area contributed by atoms with Gasteiger partial charge >= 0.3 is 6.03 Å². The normalized spacial score (nSPS) is 17.9. The predicted octanol–water partition coefficient (Wildman–Crippen LogP) is 8.43. The molecule has 0 radical (unpaired) electrons. The first kappa shape index (κ1) is 47.8. The van der Waals surface area contributed by atoms with Crippen molar-refractivity contribution in [2.75, 3.05) is 56.1 Å². The molecule has 1 unspecified atom stereocenters. The van der Waals surface area contributed by atoms with Crippen molar-refractivity contribution in [3.05, 3.63) is 125 Å². The standard InChI is InChI=1S/C53H60F2N8O6/c1-32-25-40(10-12-47(32)63-22-17-48(64)60-52(63)66)68-24-23-61-18-13-38(14-19-61)69-39-15-20-62(21-16-39)30-34-5-7-35(8-6-34)46-29-43-49(56-31-57-50(43)58-46)42-27-37(54)28-45(33(42)2)59-51(65)41-11-9-36(26-44(41)55)53(3,4)67/h5-12,25-29,31,38-39,48,64,67H,13-24,30H2,1-4H3,(H,59,65)(H,60,66)(H,56,57,58). The third-order valence-corrected chi connectivity index (χ3v) is 13.6. The van der Waals surface area contributed by atoms with Crippen molar-refractivity contribution in [1.29, 1.82) is 0 Å². The van der Waals surface area contributed by atoms with E-state index in [0.717, 1.165) is 99.3 Å². The van der Waals surface area contributed by atoms with E-state index in [-0.39, 0.29) is 29.5 Å². The first-order valence-corrected chi connectivity index (χ1v) is 23.8. The minimum atomic E-state index is -1.28. The number of carbonyl (C=O) groups is 2. The molecule has 0 saturated carbocycles. The summed E-state index contributed by atoms with van der Waals surface area (Å²) in [5, 5.41) is 25.9. The van der Waals surface area contributed by atoms with Gasteiger partial charge in [0.1, 0.15) is 42.2 Å². The van der Waals surface area contributed by atoms with Gasteiger partial charge in [0, 0.05) is 80.3 Å². The van der Waals surface area contributed by atoms with E-state index >= 15 is 8.78 Å². The lowest BCUT2D eigenvalue weighted by molar-refractivity contribution is -0.0662. The van der Waals surface area contributed by atoms with Gasteiger partial charge in [-0.3, -0.25) is 19.5 Å². The molecule has 4 aromatic carbocycles. The van der Waals surface area contributed by atoms with Gasteiger partial charge in [0.15, 0.2) is 0 Å². The highest BCUT2D eigenvalue weighted by molar-refractivity contribution is 6.06. The lowest BCUT2D eigenvalue weighted by atomic mass is 9.96. The predicted molar refractivity (Wildman–Crippen MR) is 261 cm³/mol. The maximum absolute atomic E-state index is 15.2. The maximum atomic E-state index is 15.2. The Bertz CT molecular complexity index is 2820. The van der Waals surface area contributed by atoms with Crippen molar-refractivity contribution in [3.63, 3.8) is 0 Å². The van der Waals surface area contributed by atoms with Gasteiger partial charge in [-0.2, -0.15) is 0 Å². The quantitative estimate of drug-likeness (QED) is 0.0715. The third kappa shape index (κ3) is 11.1. The molecule has 1 atom stereocenters. The van der Waals surface area contributed by atoms with Crippen LogP contribution in [-0.4, -0.2) is 111 Å². The van der Waals surface area contributed by atoms with Gasteiger partial charge in [-0.1, -0.05) is 30.3 Å². The van der Waals surface area contributed by atoms with E-state index in [1.807, 2.05) is 31.2 Å². The molecule has 362 valence electrons. The summed E-state index contributed by atoms with van der Waals surface area (Å²) in [7, 11) is 0. The molecule has 2 aromatic heterocycles. The zero-order valence-corrected chi connectivity index (χ0v) is 39.5. The van der Waals surface area contributed by atoms with Crippen molar-refractivity contribution in [3.8, 4) is 28.3 Å². The number of hydrogen-bond acceptors (Lipinski definition) is 10. The van der Waals surface area contributed by atoms with Crippen LogP contribution < -0.4 is 20.3 Å². The van der Waals surface area contributed by atoms with Crippen LogP contribution in [0.2, 0.25) is 0 Å². The van der Waals surface area contributed by atoms with Crippen LogP contribution in [0.1, 0.15) is 78.6 Å². The number of fused-ring (bicyclic) bond motifs is 1. The van der Waals surface area contributed by atoms with E-state index < -0.39 is 29.4 Å². The van der Waals surface area contributed by atoms with Crippen LogP contribution in [-0.2, 0) is 16.9 Å². The highest BCUT2D eigenvalue weighted by Gasteiger charge is 2.28. The summed E-state index contributed by atoms with van der Waals surface area (Å²) < 4.78 is 42.9. The number of halogens is 2. The fraction of sp³-hybridized carbons (Fsp3) is 0.396. The molecule has 16 heteroatoms. The van der Waals surface area contributed by atoms with Gasteiger partial charge in [0.05, 0.1) is 29.1 Å². The highest BCUT2D eigenvalue weighted by atomic mass is 19.1. The number of anilines is 2. The molecule has 3 fully saturated rings. The number of rotatable bonds is 14. The third-order valence-electron chi connectivity index (χ3n) is 13.6. The maximum Gasteiger partial charge on any atom is 0.323 e. The number of benzene rings is 4. The average Bonchev–Trinajstić information content (AvgIpc) is 3.77. The number of aliphatic hydroxyl groups excluding tert-OH is 1. The smallest absolute Gasteiger partial charge is 0.323 e. The Labute approximate surface area is 400 Å². The zero-order valence-electron chi connectivity index (χ0n) is 39.5. The van der Waals surface area contributed by atoms with Crippen molar-refractivity contribution >= 4 is 34.3 Å². The minimum absolute atomic E-state index is 0.179. The molecule has 0 aliphatic carbocycles. The lowest BCUT2D eigenvalue weighted by Gasteiger charge is -2.37. The molecular formula is C53H60F2N8O6. The molecule has 0 spiro atoms. The topological polar surface area (TPSA) is 168 Å². The van der Waals surface area contributed by atoms with Gasteiger partial charge in [0.25, 0.3) is 5.91 Å². The van der Waals surface area contributed by atoms with Crippen LogP contribution in [0.4, 0.5) is 25.0 Å². The van der Waals surface area contributed by atoms with E-state index in [0.29, 0.717) is 53.0 Å². The minimum Gasteiger partial charge on any atom is -0.492 e. The number of aromatic amines is 1. The monoisotopic (exact) mass is 942 g/mol. The molecule has 5 heterocycles. The van der Waals surface area contributed by atoms with Gasteiger partial charge in [0.2, 0.25) is 0 Å². The van der Waals surface area contributed by atoms with Crippen molar-refractivity contribution in [2.24, 2.45) is 0 Å². The van der Waals surface area contributed by atoms with Gasteiger partial charge in [-0.25, -0.2) is 23.5 Å². The Kier molecular flexibility index (Phi) is 14.1. The molecule has 0 bridgehead atoms. The Morgan fingerprint density at radius 2 is 1.59 bits per heavy atom. The molecule has 14 nitrogen and oxygen atoms in total. The van der Waals surface area contributed by atoms with Crippen LogP contribution in [0.15, 0.2) is 85.2 Å². The molecule has 3 amide bonds. The number of carbonyl (C=O) groups excluding carboxylic acids is 2. The molecule has 9 rings (SSSR count). The number of nitrogens with zero attached hydrogens (tertiary/aromatic N) is 5. The van der Waals surface area contributed by atoms with Crippen LogP contribution in [0.5, 0.6) is 5.75 Å². The van der Waals surface area contributed by atoms with Gasteiger partial charge in [-0.05, 0) is 130 Å². The number of aryl methyl sites for hydroxylation is 1. The fourth-order valence-corrected chi connectivity index (χ4v) is 9.62. The SMILES string of the molecule is Cc1cc(OCCN2CCC(OC3CCN(Cc4ccc(-c5cc6c(-c7cc(F)cc(NC(=O)c8ccc(C(C)(C)O)cc8F)c7C)ncnc6[nH]5)cc4)CC3)CC2)ccc1N1CCC(O)NC1=O. The van der Waals surface area contributed by atoms with E-state index in [9.17, 15) is 19.8 Å². The number of aromatic nitrogens is 3. The van der Waals surface area contributed by atoms with E-state index in [4.69, 9.17) is 9.47 Å². The number of urea groups is 1. The van der Waals surface area contributed by atoms with E-state index in [1.165, 1.54) is 50.0 Å². The Balaban J connectivity index is 0.735. The molecule has 69 heavy (non-hydrogen) atoms. The molecule has 5 N–H and O–H groups in total. The number of aliphatic hydroxyl groups is 2. The number of amides is 3. The van der Waals surface area contributed by atoms with Crippen molar-refractivity contribution < 1.29 is 38.1 Å². The van der Waals surface area contributed by atoms with Crippen molar-refractivity contribution in [2.45, 2.75) is 90.4 Å². The van der Waals surface area contributed by atoms with Crippen LogP contribution in [0, 0.1) is 25.5 Å². The summed E-state index contributed by atoms with van der Waals surface area (Å²) in [6, 6.07) is 22.4. The fourth-order valence-electron chi connectivity index (χ4n) is 9.62. The zero-order chi connectivity index (χ0) is 48.4. The molecule has 3 aliphatic heterocycles. The molecular weight excluding hydrogens is 883 g/mol. The number of piperidine rings is 2. The highest BCUT2D eigenvalue weighted by Crippen LogP contribution is 2.36. The Hall–Kier alpha value is -6.30. The van der Waals surface area contributed by atoms with E-state index in [1.54, 1.807) is 11.8 Å². The number of likely N-dealkylation sites (tertiary alicyclic amines) is 2. The summed E-state index contributed by atoms with van der Waals surface area (Å²) in [4.78, 5) is 44.5. The lowest BCUT2D eigenvalue weighted by Crippen LogP contribution is -2.52. The van der Waals surface area contributed by atoms with Crippen LogP contribution in [0.25, 0.3) is 33.5 Å². The summed E-state index contributed by atoms with van der Waals surface area (Å²) >= 11 is 0. The largest absolute Gasteiger partial charge is 0.492 e. The number of H-pyrrole nitrogens is 1. The van der Waals surface area contributed by atoms with Gasteiger partial charge in [-0.15, -0.1) is 0 Å². The summed E-state index contributed by atoms with van der Waals surface area (Å²) in [5.41, 5.74) is 5.83. The first-order valence-electron chi connectivity index (χ1n) is 23.8. The van der Waals surface area contributed by atoms with Gasteiger partial charge < -0.3 is 35.3 Å². The second-order valence-electron chi connectivity index (χ2n) is 19.1. The first-order chi connectivity index (χ1) is 33.1. The molecule has 3 aliphatic rings. The average molecular weight is 943 g/mol. The number of ether oxygens (including phenoxy) is 2. The Morgan fingerprint density at radius 1 is 0.870 bits per heavy atom. The van der Waals surface area contributed by atoms with Crippen LogP contribution >= 0.6 is 0 Å². The number of hydrogen-bond donors (Lipinski definition) is 5. The summed E-state index contributed by atoms with van der Waals surface area (Å²) in [5.74, 6) is -1.36. The number of nitrogens with one attached hydrogen (secondary N) is 3. The van der Waals surface area contributed by atoms with Crippen LogP contribution in [0.3, 0.4) is 0 Å². The second-order valence-corrected chi connectivity index (χ2v) is 19.1. The van der Waals surface area contributed by atoms with Crippen molar-refractivity contribution in [1.82, 2.24) is 30.1 Å². The Morgan fingerprint density at radius 3 is 2.28 bits per heavy atom.